The van der Waals surface area contributed by atoms with Crippen molar-refractivity contribution in [3.05, 3.63) is 24.3 Å². The van der Waals surface area contributed by atoms with E-state index in [9.17, 15) is 9.59 Å². The first-order chi connectivity index (χ1) is 8.73. The molecule has 3 N–H and O–H groups in total. The summed E-state index contributed by atoms with van der Waals surface area (Å²) < 4.78 is 0. The molecule has 1 unspecified atom stereocenters. The van der Waals surface area contributed by atoms with Crippen molar-refractivity contribution in [2.45, 2.75) is 39.8 Å². The van der Waals surface area contributed by atoms with Crippen LogP contribution in [0.2, 0.25) is 0 Å². The van der Waals surface area contributed by atoms with Gasteiger partial charge in [0.2, 0.25) is 11.8 Å². The molecule has 0 heterocycles. The average Bonchev–Trinajstić information content (AvgIpc) is 2.31. The Kier molecular flexibility index (Phi) is 7.75. The fraction of sp³-hybridized carbons (Fsp3) is 0.571. The number of hydrogen-bond acceptors (Lipinski definition) is 3. The van der Waals surface area contributed by atoms with Crippen molar-refractivity contribution in [2.24, 2.45) is 0 Å². The molecule has 0 fully saturated rings. The lowest BCUT2D eigenvalue weighted by Gasteiger charge is -2.21. The molecule has 5 heteroatoms. The van der Waals surface area contributed by atoms with Crippen molar-refractivity contribution >= 4 is 11.8 Å². The maximum Gasteiger partial charge on any atom is 0.246 e. The van der Waals surface area contributed by atoms with E-state index in [2.05, 4.69) is 29.1 Å². The minimum absolute atomic E-state index is 0.185. The van der Waals surface area contributed by atoms with Gasteiger partial charge < -0.3 is 16.0 Å². The minimum Gasteiger partial charge on any atom is -0.350 e. The summed E-state index contributed by atoms with van der Waals surface area (Å²) in [5.41, 5.74) is 0.891. The molecule has 0 saturated carbocycles. The molecule has 2 amide bonds. The van der Waals surface area contributed by atoms with E-state index in [0.717, 1.165) is 0 Å². The largest absolute Gasteiger partial charge is 0.350 e. The van der Waals surface area contributed by atoms with Crippen LogP contribution >= 0.6 is 0 Å². The van der Waals surface area contributed by atoms with Crippen molar-refractivity contribution in [1.82, 2.24) is 16.0 Å². The first-order valence-corrected chi connectivity index (χ1v) is 6.37. The highest BCUT2D eigenvalue weighted by molar-refractivity contribution is 5.93. The van der Waals surface area contributed by atoms with E-state index in [4.69, 9.17) is 0 Å². The van der Waals surface area contributed by atoms with Crippen LogP contribution in [-0.4, -0.2) is 37.0 Å². The van der Waals surface area contributed by atoms with Gasteiger partial charge in [-0.05, 0) is 13.8 Å². The van der Waals surface area contributed by atoms with Gasteiger partial charge >= 0.3 is 0 Å². The maximum atomic E-state index is 11.6. The molecule has 108 valence electrons. The van der Waals surface area contributed by atoms with Crippen molar-refractivity contribution in [3.8, 4) is 0 Å². The van der Waals surface area contributed by atoms with Crippen LogP contribution in [0.15, 0.2) is 24.3 Å². The third kappa shape index (κ3) is 8.15. The monoisotopic (exact) mass is 267 g/mol. The molecule has 19 heavy (non-hydrogen) atoms. The van der Waals surface area contributed by atoms with Crippen LogP contribution in [0.3, 0.4) is 0 Å². The highest BCUT2D eigenvalue weighted by Crippen LogP contribution is 1.92. The van der Waals surface area contributed by atoms with Gasteiger partial charge in [0.15, 0.2) is 0 Å². The second-order valence-corrected chi connectivity index (χ2v) is 5.00. The average molecular weight is 267 g/mol. The minimum atomic E-state index is -0.209. The van der Waals surface area contributed by atoms with Crippen molar-refractivity contribution in [2.75, 3.05) is 13.1 Å². The zero-order valence-electron chi connectivity index (χ0n) is 12.3. The molecule has 0 aromatic heterocycles. The van der Waals surface area contributed by atoms with E-state index in [1.165, 1.54) is 0 Å². The standard InChI is InChI=1S/C14H25N3O2/c1-9(2)13(18)16-8-12(7-15-11(5)6)17-14(19)10(3)4/h11-12,15H,1,3,7-8H2,2,4-6H3,(H,16,18)(H,17,19). The van der Waals surface area contributed by atoms with Crippen LogP contribution in [0, 0.1) is 0 Å². The molecule has 0 radical (unpaired) electrons. The van der Waals surface area contributed by atoms with Gasteiger partial charge in [-0.15, -0.1) is 0 Å². The predicted octanol–water partition coefficient (Wildman–Crippen LogP) is 0.738. The Balaban J connectivity index is 4.40. The summed E-state index contributed by atoms with van der Waals surface area (Å²) in [5, 5.41) is 8.77. The lowest BCUT2D eigenvalue weighted by atomic mass is 10.2. The SMILES string of the molecule is C=C(C)C(=O)NCC(CNC(C)C)NC(=O)C(=C)C. The van der Waals surface area contributed by atoms with Gasteiger partial charge in [-0.2, -0.15) is 0 Å². The van der Waals surface area contributed by atoms with Crippen LogP contribution in [0.1, 0.15) is 27.7 Å². The molecule has 0 bridgehead atoms. The summed E-state index contributed by atoms with van der Waals surface area (Å²) in [6, 6.07) is 0.121. The lowest BCUT2D eigenvalue weighted by Crippen LogP contribution is -2.50. The second-order valence-electron chi connectivity index (χ2n) is 5.00. The number of amides is 2. The summed E-state index contributed by atoms with van der Waals surface area (Å²) in [5.74, 6) is -0.417. The van der Waals surface area contributed by atoms with Gasteiger partial charge in [-0.3, -0.25) is 9.59 Å². The van der Waals surface area contributed by atoms with Crippen LogP contribution in [0.4, 0.5) is 0 Å². The molecular weight excluding hydrogens is 242 g/mol. The van der Waals surface area contributed by atoms with Crippen LogP contribution in [-0.2, 0) is 9.59 Å². The van der Waals surface area contributed by atoms with Gasteiger partial charge in [0.25, 0.3) is 0 Å². The summed E-state index contributed by atoms with van der Waals surface area (Å²) in [6.07, 6.45) is 0. The number of hydrogen-bond donors (Lipinski definition) is 3. The van der Waals surface area contributed by atoms with E-state index in [-0.39, 0.29) is 17.9 Å². The summed E-state index contributed by atoms with van der Waals surface area (Å²) in [6.45, 7) is 15.4. The van der Waals surface area contributed by atoms with E-state index < -0.39 is 0 Å². The molecule has 0 aromatic carbocycles. The van der Waals surface area contributed by atoms with Crippen LogP contribution in [0.5, 0.6) is 0 Å². The number of rotatable bonds is 8. The molecule has 0 aliphatic heterocycles. The number of carbonyl (C=O) groups is 2. The molecule has 0 rings (SSSR count). The second kappa shape index (κ2) is 8.48. The van der Waals surface area contributed by atoms with Crippen LogP contribution in [0.25, 0.3) is 0 Å². The Morgan fingerprint density at radius 2 is 1.53 bits per heavy atom. The predicted molar refractivity (Wildman–Crippen MR) is 77.7 cm³/mol. The first-order valence-electron chi connectivity index (χ1n) is 6.37. The zero-order valence-corrected chi connectivity index (χ0v) is 12.3. The quantitative estimate of drug-likeness (QED) is 0.568. The zero-order chi connectivity index (χ0) is 15.0. The summed E-state index contributed by atoms with van der Waals surface area (Å²) in [4.78, 5) is 23.1. The van der Waals surface area contributed by atoms with Crippen molar-refractivity contribution in [3.63, 3.8) is 0 Å². The topological polar surface area (TPSA) is 70.2 Å². The summed E-state index contributed by atoms with van der Waals surface area (Å²) in [7, 11) is 0. The first kappa shape index (κ1) is 17.4. The van der Waals surface area contributed by atoms with Crippen molar-refractivity contribution in [1.29, 1.82) is 0 Å². The van der Waals surface area contributed by atoms with Crippen molar-refractivity contribution < 1.29 is 9.59 Å². The number of carbonyl (C=O) groups excluding carboxylic acids is 2. The van der Waals surface area contributed by atoms with E-state index in [1.54, 1.807) is 13.8 Å². The van der Waals surface area contributed by atoms with Gasteiger partial charge in [0.1, 0.15) is 0 Å². The molecule has 0 spiro atoms. The van der Waals surface area contributed by atoms with Gasteiger partial charge in [0.05, 0.1) is 6.04 Å². The maximum absolute atomic E-state index is 11.6. The Bertz CT molecular complexity index is 362. The molecule has 0 saturated heterocycles. The Hall–Kier alpha value is -1.62. The third-order valence-corrected chi connectivity index (χ3v) is 2.39. The number of nitrogens with one attached hydrogen (secondary N) is 3. The van der Waals surface area contributed by atoms with Gasteiger partial charge in [-0.1, -0.05) is 27.0 Å². The van der Waals surface area contributed by atoms with E-state index >= 15 is 0 Å². The Morgan fingerprint density at radius 3 is 1.95 bits per heavy atom. The summed E-state index contributed by atoms with van der Waals surface area (Å²) >= 11 is 0. The van der Waals surface area contributed by atoms with Gasteiger partial charge in [0, 0.05) is 30.3 Å². The highest BCUT2D eigenvalue weighted by atomic mass is 16.2. The van der Waals surface area contributed by atoms with E-state index in [0.29, 0.717) is 30.3 Å². The highest BCUT2D eigenvalue weighted by Gasteiger charge is 2.14. The third-order valence-electron chi connectivity index (χ3n) is 2.39. The Labute approximate surface area is 115 Å². The molecule has 0 aliphatic carbocycles. The lowest BCUT2D eigenvalue weighted by molar-refractivity contribution is -0.119. The Morgan fingerprint density at radius 1 is 1.00 bits per heavy atom. The molecule has 5 nitrogen and oxygen atoms in total. The fourth-order valence-corrected chi connectivity index (χ4v) is 1.23. The molecule has 0 aromatic rings. The smallest absolute Gasteiger partial charge is 0.246 e. The van der Waals surface area contributed by atoms with Gasteiger partial charge in [-0.25, -0.2) is 0 Å². The molecule has 0 aliphatic rings. The van der Waals surface area contributed by atoms with Crippen LogP contribution < -0.4 is 16.0 Å². The fourth-order valence-electron chi connectivity index (χ4n) is 1.23. The van der Waals surface area contributed by atoms with E-state index in [1.807, 2.05) is 13.8 Å². The normalized spacial score (nSPS) is 11.8. The molecular formula is C14H25N3O2. The molecule has 1 atom stereocenters.